The predicted molar refractivity (Wildman–Crippen MR) is 102 cm³/mol. The Morgan fingerprint density at radius 3 is 2.62 bits per heavy atom. The van der Waals surface area contributed by atoms with Crippen molar-refractivity contribution in [3.63, 3.8) is 0 Å². The molecule has 2 rings (SSSR count). The summed E-state index contributed by atoms with van der Waals surface area (Å²) in [6.07, 6.45) is 3.25. The summed E-state index contributed by atoms with van der Waals surface area (Å²) in [7, 11) is 1.37. The summed E-state index contributed by atoms with van der Waals surface area (Å²) in [6, 6.07) is 7.40. The van der Waals surface area contributed by atoms with E-state index in [-0.39, 0.29) is 6.42 Å². The number of carbonyl (C=O) groups excluding carboxylic acids is 2. The second-order valence-electron chi connectivity index (χ2n) is 6.37. The number of carboxylic acid groups (broad SMARTS) is 1. The summed E-state index contributed by atoms with van der Waals surface area (Å²) < 4.78 is 0. The molecule has 0 spiro atoms. The van der Waals surface area contributed by atoms with Crippen LogP contribution < -0.4 is 10.2 Å². The fourth-order valence-electron chi connectivity index (χ4n) is 3.25. The highest BCUT2D eigenvalue weighted by Crippen LogP contribution is 2.38. The van der Waals surface area contributed by atoms with Gasteiger partial charge in [0.2, 0.25) is 11.3 Å². The van der Waals surface area contributed by atoms with E-state index in [9.17, 15) is 19.5 Å². The quantitative estimate of drug-likeness (QED) is 0.536. The smallest absolute Gasteiger partial charge is 0.328 e. The van der Waals surface area contributed by atoms with Crippen LogP contribution in [0, 0.1) is 5.41 Å². The highest BCUT2D eigenvalue weighted by atomic mass is 32.2. The summed E-state index contributed by atoms with van der Waals surface area (Å²) >= 11 is 1.63. The van der Waals surface area contributed by atoms with Crippen LogP contribution in [-0.2, 0) is 14.4 Å². The molecule has 142 valence electrons. The largest absolute Gasteiger partial charge is 0.480 e. The number of hydrogen-bond donors (Lipinski definition) is 2. The van der Waals surface area contributed by atoms with Crippen LogP contribution in [0.3, 0.4) is 0 Å². The molecule has 0 aromatic heterocycles. The Kier molecular flexibility index (Phi) is 7.08. The van der Waals surface area contributed by atoms with Gasteiger partial charge in [-0.05, 0) is 18.6 Å². The van der Waals surface area contributed by atoms with Crippen molar-refractivity contribution in [2.75, 3.05) is 24.2 Å². The Labute approximate surface area is 158 Å². The number of para-hydroxylation sites is 1. The second kappa shape index (κ2) is 9.07. The first-order valence-electron chi connectivity index (χ1n) is 8.98. The molecule has 0 unspecified atom stereocenters. The molecule has 0 saturated carbocycles. The molecule has 6 nitrogen and oxygen atoms in total. The third-order valence-electron chi connectivity index (χ3n) is 4.72. The van der Waals surface area contributed by atoms with Gasteiger partial charge in [-0.2, -0.15) is 0 Å². The van der Waals surface area contributed by atoms with Crippen LogP contribution in [-0.4, -0.2) is 42.2 Å². The summed E-state index contributed by atoms with van der Waals surface area (Å²) in [6.45, 7) is 2.44. The molecule has 7 heteroatoms. The van der Waals surface area contributed by atoms with Crippen LogP contribution in [0.25, 0.3) is 0 Å². The zero-order chi connectivity index (χ0) is 19.2. The minimum atomic E-state index is -2.09. The lowest BCUT2D eigenvalue weighted by molar-refractivity contribution is -0.161. The highest BCUT2D eigenvalue weighted by Gasteiger charge is 2.54. The minimum Gasteiger partial charge on any atom is -0.480 e. The number of anilines is 1. The molecule has 0 aliphatic carbocycles. The van der Waals surface area contributed by atoms with E-state index in [1.54, 1.807) is 17.8 Å². The summed E-state index contributed by atoms with van der Waals surface area (Å²) in [5.41, 5.74) is -1.41. The fraction of sp³-hybridized carbons (Fsp3) is 0.526. The van der Waals surface area contributed by atoms with Gasteiger partial charge in [0.25, 0.3) is 5.91 Å². The molecule has 1 aromatic carbocycles. The molecule has 2 N–H and O–H groups in total. The third-order valence-corrected chi connectivity index (χ3v) is 5.77. The molecule has 1 atom stereocenters. The molecule has 1 aliphatic rings. The zero-order valence-electron chi connectivity index (χ0n) is 15.3. The molecular formula is C19H26N2O4S. The number of benzene rings is 1. The van der Waals surface area contributed by atoms with E-state index >= 15 is 0 Å². The molecule has 26 heavy (non-hydrogen) atoms. The van der Waals surface area contributed by atoms with E-state index in [4.69, 9.17) is 0 Å². The number of nitrogens with zero attached hydrogens (tertiary/aromatic N) is 1. The summed E-state index contributed by atoms with van der Waals surface area (Å²) in [5, 5.41) is 12.3. The van der Waals surface area contributed by atoms with Crippen LogP contribution in [0.5, 0.6) is 0 Å². The average molecular weight is 378 g/mol. The van der Waals surface area contributed by atoms with Gasteiger partial charge in [-0.3, -0.25) is 14.4 Å². The third kappa shape index (κ3) is 3.87. The van der Waals surface area contributed by atoms with Crippen molar-refractivity contribution in [3.05, 3.63) is 24.3 Å². The van der Waals surface area contributed by atoms with E-state index < -0.39 is 23.2 Å². The molecule has 0 bridgehead atoms. The Bertz CT molecular complexity index is 679. The van der Waals surface area contributed by atoms with Gasteiger partial charge >= 0.3 is 5.97 Å². The molecule has 0 fully saturated rings. The number of amides is 2. The lowest BCUT2D eigenvalue weighted by Gasteiger charge is -2.35. The molecule has 1 aliphatic heterocycles. The van der Waals surface area contributed by atoms with Gasteiger partial charge in [0.15, 0.2) is 0 Å². The maximum Gasteiger partial charge on any atom is 0.328 e. The Balaban J connectivity index is 2.39. The number of carbonyl (C=O) groups is 3. The molecule has 2 amide bonds. The van der Waals surface area contributed by atoms with Gasteiger partial charge in [0, 0.05) is 24.2 Å². The lowest BCUT2D eigenvalue weighted by atomic mass is 9.79. The molecular weight excluding hydrogens is 352 g/mol. The number of nitrogens with one attached hydrogen (secondary N) is 1. The first kappa shape index (κ1) is 20.3. The summed E-state index contributed by atoms with van der Waals surface area (Å²) in [5.74, 6) is -2.10. The Morgan fingerprint density at radius 2 is 1.96 bits per heavy atom. The topological polar surface area (TPSA) is 86.7 Å². The maximum atomic E-state index is 13.4. The average Bonchev–Trinajstić information content (AvgIpc) is 2.66. The van der Waals surface area contributed by atoms with Gasteiger partial charge in [-0.1, -0.05) is 44.7 Å². The number of thioether (sulfide) groups is 1. The van der Waals surface area contributed by atoms with E-state index in [2.05, 4.69) is 12.2 Å². The first-order chi connectivity index (χ1) is 12.5. The molecule has 0 saturated heterocycles. The van der Waals surface area contributed by atoms with Crippen LogP contribution in [0.4, 0.5) is 5.69 Å². The van der Waals surface area contributed by atoms with Gasteiger partial charge in [-0.25, -0.2) is 0 Å². The number of hydrogen-bond acceptors (Lipinski definition) is 4. The van der Waals surface area contributed by atoms with Gasteiger partial charge in [-0.15, -0.1) is 11.8 Å². The van der Waals surface area contributed by atoms with Gasteiger partial charge < -0.3 is 15.3 Å². The maximum absolute atomic E-state index is 13.4. The van der Waals surface area contributed by atoms with E-state index in [0.29, 0.717) is 24.4 Å². The van der Waals surface area contributed by atoms with Crippen molar-refractivity contribution >= 4 is 35.2 Å². The normalized spacial score (nSPS) is 15.7. The fourth-order valence-corrected chi connectivity index (χ4v) is 4.25. The lowest BCUT2D eigenvalue weighted by Crippen LogP contribution is -2.57. The van der Waals surface area contributed by atoms with Crippen LogP contribution in [0.2, 0.25) is 0 Å². The second-order valence-corrected chi connectivity index (χ2v) is 7.51. The van der Waals surface area contributed by atoms with Crippen molar-refractivity contribution in [2.24, 2.45) is 5.41 Å². The number of unbranched alkanes of at least 4 members (excludes halogenated alkanes) is 3. The molecule has 1 aromatic rings. The van der Waals surface area contributed by atoms with Gasteiger partial charge in [0.1, 0.15) is 0 Å². The Morgan fingerprint density at radius 1 is 1.23 bits per heavy atom. The van der Waals surface area contributed by atoms with Crippen LogP contribution >= 0.6 is 11.8 Å². The number of fused-ring (bicyclic) bond motifs is 1. The zero-order valence-corrected chi connectivity index (χ0v) is 16.1. The standard InChI is InChI=1S/C19H26N2O4S/c1-3-4-5-8-11-19(18(24)25,16(22)20-2)17(23)21-12-13-26-15-10-7-6-9-14(15)21/h6-7,9-10H,3-5,8,11-13H2,1-2H3,(H,20,22)(H,24,25)/t19-/m0/s1. The van der Waals surface area contributed by atoms with E-state index in [1.807, 2.05) is 18.2 Å². The van der Waals surface area contributed by atoms with Gasteiger partial charge in [0.05, 0.1) is 5.69 Å². The summed E-state index contributed by atoms with van der Waals surface area (Å²) in [4.78, 5) is 40.5. The van der Waals surface area contributed by atoms with Crippen molar-refractivity contribution in [1.29, 1.82) is 0 Å². The molecule has 1 heterocycles. The van der Waals surface area contributed by atoms with Crippen molar-refractivity contribution in [1.82, 2.24) is 5.32 Å². The predicted octanol–water partition coefficient (Wildman–Crippen LogP) is 2.91. The minimum absolute atomic E-state index is 0.00660. The van der Waals surface area contributed by atoms with Crippen molar-refractivity contribution < 1.29 is 19.5 Å². The highest BCUT2D eigenvalue weighted by molar-refractivity contribution is 7.99. The SMILES string of the molecule is CCCCCC[C@](C(=O)O)(C(=O)NC)C(=O)N1CCSc2ccccc21. The Hall–Kier alpha value is -2.02. The van der Waals surface area contributed by atoms with Crippen molar-refractivity contribution in [3.8, 4) is 0 Å². The number of rotatable bonds is 8. The van der Waals surface area contributed by atoms with Crippen LogP contribution in [0.15, 0.2) is 29.2 Å². The molecule has 0 radical (unpaired) electrons. The number of carboxylic acids is 1. The van der Waals surface area contributed by atoms with E-state index in [0.717, 1.165) is 24.2 Å². The van der Waals surface area contributed by atoms with Crippen molar-refractivity contribution in [2.45, 2.75) is 43.9 Å². The number of aliphatic carboxylic acids is 1. The van der Waals surface area contributed by atoms with E-state index in [1.165, 1.54) is 11.9 Å². The first-order valence-corrected chi connectivity index (χ1v) is 9.97. The van der Waals surface area contributed by atoms with Crippen LogP contribution in [0.1, 0.15) is 39.0 Å². The monoisotopic (exact) mass is 378 g/mol.